The van der Waals surface area contributed by atoms with Crippen molar-refractivity contribution in [1.29, 1.82) is 0 Å². The quantitative estimate of drug-likeness (QED) is 0.823. The van der Waals surface area contributed by atoms with Crippen molar-refractivity contribution >= 4 is 5.91 Å². The Bertz CT molecular complexity index is 649. The molecule has 5 nitrogen and oxygen atoms in total. The fraction of sp³-hybridized carbons (Fsp3) is 0.444. The molecule has 5 heteroatoms. The average molecular weight is 315 g/mol. The Kier molecular flexibility index (Phi) is 5.93. The van der Waals surface area contributed by atoms with Crippen LogP contribution in [0.3, 0.4) is 0 Å². The number of rotatable bonds is 7. The fourth-order valence-corrected chi connectivity index (χ4v) is 2.30. The van der Waals surface area contributed by atoms with Gasteiger partial charge in [0.1, 0.15) is 5.82 Å². The van der Waals surface area contributed by atoms with Gasteiger partial charge in [-0.15, -0.1) is 0 Å². The monoisotopic (exact) mass is 315 g/mol. The van der Waals surface area contributed by atoms with Crippen molar-refractivity contribution in [3.63, 3.8) is 0 Å². The average Bonchev–Trinajstić information content (AvgIpc) is 2.90. The number of amides is 1. The Morgan fingerprint density at radius 3 is 2.74 bits per heavy atom. The van der Waals surface area contributed by atoms with Crippen molar-refractivity contribution in [2.75, 3.05) is 0 Å². The Labute approximate surface area is 137 Å². The second-order valence-corrected chi connectivity index (χ2v) is 6.21. The summed E-state index contributed by atoms with van der Waals surface area (Å²) in [5.74, 6) is 0.941. The van der Waals surface area contributed by atoms with Gasteiger partial charge in [0, 0.05) is 25.5 Å². The van der Waals surface area contributed by atoms with Gasteiger partial charge in [-0.1, -0.05) is 38.1 Å². The zero-order valence-electron chi connectivity index (χ0n) is 14.0. The van der Waals surface area contributed by atoms with E-state index in [0.717, 1.165) is 17.9 Å². The van der Waals surface area contributed by atoms with Crippen LogP contribution in [0.25, 0.3) is 0 Å². The lowest BCUT2D eigenvalue weighted by Gasteiger charge is -2.14. The number of aromatic nitrogens is 2. The van der Waals surface area contributed by atoms with Crippen molar-refractivity contribution in [3.8, 4) is 0 Å². The maximum Gasteiger partial charge on any atom is 0.222 e. The van der Waals surface area contributed by atoms with Crippen LogP contribution in [-0.2, 0) is 17.9 Å². The third kappa shape index (κ3) is 5.21. The third-order valence-corrected chi connectivity index (χ3v) is 3.92. The van der Waals surface area contributed by atoms with Crippen LogP contribution in [0, 0.1) is 12.8 Å². The van der Waals surface area contributed by atoms with E-state index in [0.29, 0.717) is 6.54 Å². The largest absolute Gasteiger partial charge is 0.392 e. The summed E-state index contributed by atoms with van der Waals surface area (Å²) in [5.41, 5.74) is 2.22. The molecule has 1 unspecified atom stereocenters. The number of nitrogens with zero attached hydrogens (tertiary/aromatic N) is 2. The molecule has 1 aromatic carbocycles. The van der Waals surface area contributed by atoms with Crippen molar-refractivity contribution in [1.82, 2.24) is 14.9 Å². The lowest BCUT2D eigenvalue weighted by atomic mass is 10.0. The molecular weight excluding hydrogens is 290 g/mol. The molecule has 0 aliphatic carbocycles. The molecule has 23 heavy (non-hydrogen) atoms. The predicted molar refractivity (Wildman–Crippen MR) is 89.8 cm³/mol. The SMILES string of the molecule is Cc1nccn1Cc1cccc(CNC(=O)CC(O)C(C)C)c1. The molecular formula is C18H25N3O2. The van der Waals surface area contributed by atoms with Crippen LogP contribution in [0.4, 0.5) is 0 Å². The lowest BCUT2D eigenvalue weighted by molar-refractivity contribution is -0.123. The minimum Gasteiger partial charge on any atom is -0.392 e. The number of hydrogen-bond donors (Lipinski definition) is 2. The first-order chi connectivity index (χ1) is 11.0. The summed E-state index contributed by atoms with van der Waals surface area (Å²) in [7, 11) is 0. The number of carbonyl (C=O) groups excluding carboxylic acids is 1. The minimum atomic E-state index is -0.592. The molecule has 0 radical (unpaired) electrons. The van der Waals surface area contributed by atoms with Gasteiger partial charge >= 0.3 is 0 Å². The van der Waals surface area contributed by atoms with Gasteiger partial charge in [-0.2, -0.15) is 0 Å². The van der Waals surface area contributed by atoms with Gasteiger partial charge in [0.15, 0.2) is 0 Å². The molecule has 124 valence electrons. The van der Waals surface area contributed by atoms with Crippen LogP contribution in [-0.4, -0.2) is 26.7 Å². The van der Waals surface area contributed by atoms with Gasteiger partial charge in [0.2, 0.25) is 5.91 Å². The smallest absolute Gasteiger partial charge is 0.222 e. The van der Waals surface area contributed by atoms with Gasteiger partial charge in [-0.3, -0.25) is 4.79 Å². The Morgan fingerprint density at radius 2 is 2.09 bits per heavy atom. The first kappa shape index (κ1) is 17.2. The molecule has 2 aromatic rings. The molecule has 0 saturated carbocycles. The van der Waals surface area contributed by atoms with E-state index < -0.39 is 6.10 Å². The zero-order chi connectivity index (χ0) is 16.8. The summed E-state index contributed by atoms with van der Waals surface area (Å²) in [6.07, 6.45) is 3.30. The summed E-state index contributed by atoms with van der Waals surface area (Å²) >= 11 is 0. The zero-order valence-corrected chi connectivity index (χ0v) is 14.0. The van der Waals surface area contributed by atoms with Gasteiger partial charge in [0.05, 0.1) is 12.5 Å². The molecule has 1 amide bonds. The van der Waals surface area contributed by atoms with E-state index in [-0.39, 0.29) is 18.2 Å². The molecule has 0 fully saturated rings. The predicted octanol–water partition coefficient (Wildman–Crippen LogP) is 2.26. The Morgan fingerprint density at radius 1 is 1.35 bits per heavy atom. The highest BCUT2D eigenvalue weighted by molar-refractivity contribution is 5.76. The summed E-state index contributed by atoms with van der Waals surface area (Å²) in [6.45, 7) is 7.02. The standard InChI is InChI=1S/C18H25N3O2/c1-13(2)17(22)10-18(23)20-11-15-5-4-6-16(9-15)12-21-8-7-19-14(21)3/h4-9,13,17,22H,10-12H2,1-3H3,(H,20,23). The molecule has 0 aliphatic heterocycles. The van der Waals surface area contributed by atoms with Crippen molar-refractivity contribution in [2.45, 2.75) is 46.4 Å². The number of hydrogen-bond acceptors (Lipinski definition) is 3. The van der Waals surface area contributed by atoms with Crippen molar-refractivity contribution in [2.24, 2.45) is 5.92 Å². The van der Waals surface area contributed by atoms with E-state index in [2.05, 4.69) is 27.0 Å². The van der Waals surface area contributed by atoms with Crippen LogP contribution in [0.15, 0.2) is 36.7 Å². The van der Waals surface area contributed by atoms with Crippen LogP contribution in [0.1, 0.15) is 37.2 Å². The first-order valence-electron chi connectivity index (χ1n) is 7.96. The van der Waals surface area contributed by atoms with Gasteiger partial charge in [-0.25, -0.2) is 4.98 Å². The van der Waals surface area contributed by atoms with Crippen LogP contribution < -0.4 is 5.32 Å². The molecule has 0 aliphatic rings. The van der Waals surface area contributed by atoms with Crippen LogP contribution >= 0.6 is 0 Å². The molecule has 0 saturated heterocycles. The van der Waals surface area contributed by atoms with E-state index in [1.54, 1.807) is 6.20 Å². The maximum absolute atomic E-state index is 11.8. The number of aryl methyl sites for hydroxylation is 1. The van der Waals surface area contributed by atoms with E-state index in [1.807, 2.05) is 39.1 Å². The molecule has 1 atom stereocenters. The summed E-state index contributed by atoms with van der Waals surface area (Å²) in [6, 6.07) is 8.13. The topological polar surface area (TPSA) is 67.2 Å². The number of carbonyl (C=O) groups is 1. The van der Waals surface area contributed by atoms with Crippen molar-refractivity contribution < 1.29 is 9.90 Å². The highest BCUT2D eigenvalue weighted by Crippen LogP contribution is 2.09. The Balaban J connectivity index is 1.90. The number of aliphatic hydroxyl groups is 1. The first-order valence-corrected chi connectivity index (χ1v) is 7.96. The molecule has 2 rings (SSSR count). The molecule has 1 heterocycles. The van der Waals surface area contributed by atoms with E-state index >= 15 is 0 Å². The summed E-state index contributed by atoms with van der Waals surface area (Å²) in [4.78, 5) is 16.1. The number of imidazole rings is 1. The molecule has 1 aromatic heterocycles. The van der Waals surface area contributed by atoms with Crippen molar-refractivity contribution in [3.05, 3.63) is 53.6 Å². The molecule has 0 spiro atoms. The Hall–Kier alpha value is -2.14. The second-order valence-electron chi connectivity index (χ2n) is 6.21. The lowest BCUT2D eigenvalue weighted by Crippen LogP contribution is -2.29. The number of aliphatic hydroxyl groups excluding tert-OH is 1. The highest BCUT2D eigenvalue weighted by Gasteiger charge is 2.13. The maximum atomic E-state index is 11.8. The minimum absolute atomic E-state index is 0.0856. The number of nitrogens with one attached hydrogen (secondary N) is 1. The van der Waals surface area contributed by atoms with E-state index in [4.69, 9.17) is 0 Å². The fourth-order valence-electron chi connectivity index (χ4n) is 2.30. The summed E-state index contributed by atoms with van der Waals surface area (Å²) < 4.78 is 2.08. The van der Waals surface area contributed by atoms with Gasteiger partial charge < -0.3 is 15.0 Å². The molecule has 2 N–H and O–H groups in total. The van der Waals surface area contributed by atoms with Gasteiger partial charge in [-0.05, 0) is 24.0 Å². The van der Waals surface area contributed by atoms with Crippen LogP contribution in [0.5, 0.6) is 0 Å². The molecule has 0 bridgehead atoms. The highest BCUT2D eigenvalue weighted by atomic mass is 16.3. The second kappa shape index (κ2) is 7.92. The third-order valence-electron chi connectivity index (χ3n) is 3.92. The van der Waals surface area contributed by atoms with E-state index in [9.17, 15) is 9.90 Å². The van der Waals surface area contributed by atoms with Gasteiger partial charge in [0.25, 0.3) is 0 Å². The van der Waals surface area contributed by atoms with Crippen LogP contribution in [0.2, 0.25) is 0 Å². The number of benzene rings is 1. The summed E-state index contributed by atoms with van der Waals surface area (Å²) in [5, 5.41) is 12.6. The normalized spacial score (nSPS) is 12.4. The van der Waals surface area contributed by atoms with E-state index in [1.165, 1.54) is 5.56 Å².